The van der Waals surface area contributed by atoms with E-state index in [4.69, 9.17) is 0 Å². The molecule has 24 heavy (non-hydrogen) atoms. The van der Waals surface area contributed by atoms with Gasteiger partial charge in [-0.3, -0.25) is 4.79 Å². The molecule has 3 rings (SSSR count). The number of aryl methyl sites for hydroxylation is 2. The van der Waals surface area contributed by atoms with E-state index < -0.39 is 0 Å². The van der Waals surface area contributed by atoms with E-state index in [0.717, 1.165) is 24.9 Å². The maximum atomic E-state index is 13.0. The number of likely N-dealkylation sites (tertiary alicyclic amines) is 1. The Morgan fingerprint density at radius 1 is 1.00 bits per heavy atom. The van der Waals surface area contributed by atoms with Crippen LogP contribution in [0, 0.1) is 19.3 Å². The summed E-state index contributed by atoms with van der Waals surface area (Å²) in [6.07, 6.45) is 1.99. The first kappa shape index (κ1) is 16.8. The average Bonchev–Trinajstić information content (AvgIpc) is 2.84. The maximum Gasteiger partial charge on any atom is 0.254 e. The molecule has 0 saturated carbocycles. The first-order valence-electron chi connectivity index (χ1n) is 8.77. The summed E-state index contributed by atoms with van der Waals surface area (Å²) >= 11 is 0. The third-order valence-corrected chi connectivity index (χ3v) is 4.98. The van der Waals surface area contributed by atoms with Crippen LogP contribution in [0.2, 0.25) is 0 Å². The second-order valence-electron chi connectivity index (χ2n) is 8.01. The molecule has 1 unspecified atom stereocenters. The summed E-state index contributed by atoms with van der Waals surface area (Å²) < 4.78 is 0. The zero-order chi connectivity index (χ0) is 17.3. The first-order chi connectivity index (χ1) is 11.3. The molecule has 0 radical (unpaired) electrons. The van der Waals surface area contributed by atoms with Gasteiger partial charge in [-0.1, -0.05) is 61.4 Å². The van der Waals surface area contributed by atoms with Gasteiger partial charge in [0.1, 0.15) is 0 Å². The zero-order valence-corrected chi connectivity index (χ0v) is 15.2. The van der Waals surface area contributed by atoms with Gasteiger partial charge in [-0.05, 0) is 49.8 Å². The Bertz CT molecular complexity index is 713. The first-order valence-corrected chi connectivity index (χ1v) is 8.77. The second-order valence-corrected chi connectivity index (χ2v) is 8.01. The quantitative estimate of drug-likeness (QED) is 0.796. The standard InChI is InChI=1S/C22H27NO/c1-16-5-9-18(10-6-16)13-20-14-22(3,4)15-23(20)21(24)19-11-7-17(2)8-12-19/h5-12,20H,13-15H2,1-4H3. The van der Waals surface area contributed by atoms with Crippen LogP contribution in [0.5, 0.6) is 0 Å². The molecule has 1 aliphatic heterocycles. The SMILES string of the molecule is Cc1ccc(CC2CC(C)(C)CN2C(=O)c2ccc(C)cc2)cc1. The van der Waals surface area contributed by atoms with Crippen LogP contribution in [0.15, 0.2) is 48.5 Å². The van der Waals surface area contributed by atoms with Crippen LogP contribution in [-0.2, 0) is 6.42 Å². The number of hydrogen-bond donors (Lipinski definition) is 0. The van der Waals surface area contributed by atoms with Crippen molar-refractivity contribution >= 4 is 5.91 Å². The van der Waals surface area contributed by atoms with Crippen LogP contribution in [-0.4, -0.2) is 23.4 Å². The zero-order valence-electron chi connectivity index (χ0n) is 15.2. The highest BCUT2D eigenvalue weighted by Crippen LogP contribution is 2.36. The lowest BCUT2D eigenvalue weighted by atomic mass is 9.89. The van der Waals surface area contributed by atoms with E-state index in [1.165, 1.54) is 16.7 Å². The molecule has 1 fully saturated rings. The van der Waals surface area contributed by atoms with Crippen LogP contribution in [0.4, 0.5) is 0 Å². The molecule has 0 spiro atoms. The predicted molar refractivity (Wildman–Crippen MR) is 99.3 cm³/mol. The van der Waals surface area contributed by atoms with Gasteiger partial charge < -0.3 is 4.90 Å². The fraction of sp³-hybridized carbons (Fsp3) is 0.409. The molecule has 1 atom stereocenters. The Balaban J connectivity index is 1.82. The molecule has 0 N–H and O–H groups in total. The Kier molecular flexibility index (Phi) is 4.49. The molecule has 126 valence electrons. The predicted octanol–water partition coefficient (Wildman–Crippen LogP) is 4.79. The van der Waals surface area contributed by atoms with E-state index in [0.29, 0.717) is 0 Å². The van der Waals surface area contributed by atoms with Crippen molar-refractivity contribution in [2.24, 2.45) is 5.41 Å². The highest BCUT2D eigenvalue weighted by atomic mass is 16.2. The molecule has 2 aromatic carbocycles. The minimum Gasteiger partial charge on any atom is -0.335 e. The monoisotopic (exact) mass is 321 g/mol. The van der Waals surface area contributed by atoms with E-state index >= 15 is 0 Å². The Morgan fingerprint density at radius 2 is 1.54 bits per heavy atom. The summed E-state index contributed by atoms with van der Waals surface area (Å²) in [4.78, 5) is 15.1. The minimum atomic E-state index is 0.165. The number of hydrogen-bond acceptors (Lipinski definition) is 1. The van der Waals surface area contributed by atoms with Crippen molar-refractivity contribution in [3.05, 3.63) is 70.8 Å². The average molecular weight is 321 g/mol. The lowest BCUT2D eigenvalue weighted by Crippen LogP contribution is -2.37. The third kappa shape index (κ3) is 3.69. The van der Waals surface area contributed by atoms with Crippen molar-refractivity contribution in [2.75, 3.05) is 6.54 Å². The Labute approximate surface area is 145 Å². The van der Waals surface area contributed by atoms with Crippen LogP contribution in [0.25, 0.3) is 0 Å². The summed E-state index contributed by atoms with van der Waals surface area (Å²) in [6.45, 7) is 9.51. The molecule has 2 heteroatoms. The van der Waals surface area contributed by atoms with Crippen molar-refractivity contribution in [1.29, 1.82) is 0 Å². The van der Waals surface area contributed by atoms with Gasteiger partial charge in [-0.2, -0.15) is 0 Å². The molecule has 0 aliphatic carbocycles. The van der Waals surface area contributed by atoms with Crippen molar-refractivity contribution in [1.82, 2.24) is 4.90 Å². The lowest BCUT2D eigenvalue weighted by Gasteiger charge is -2.25. The van der Waals surface area contributed by atoms with Crippen molar-refractivity contribution in [3.8, 4) is 0 Å². The summed E-state index contributed by atoms with van der Waals surface area (Å²) in [7, 11) is 0. The van der Waals surface area contributed by atoms with Crippen LogP contribution in [0.1, 0.15) is 47.3 Å². The number of nitrogens with zero attached hydrogens (tertiary/aromatic N) is 1. The van der Waals surface area contributed by atoms with E-state index in [9.17, 15) is 4.79 Å². The summed E-state index contributed by atoms with van der Waals surface area (Å²) in [5.74, 6) is 0.165. The number of amides is 1. The Hall–Kier alpha value is -2.09. The summed E-state index contributed by atoms with van der Waals surface area (Å²) in [5.41, 5.74) is 4.75. The van der Waals surface area contributed by atoms with E-state index in [2.05, 4.69) is 49.9 Å². The summed E-state index contributed by atoms with van der Waals surface area (Å²) in [5, 5.41) is 0. The normalized spacial score (nSPS) is 19.5. The van der Waals surface area contributed by atoms with Crippen molar-refractivity contribution in [3.63, 3.8) is 0 Å². The molecular formula is C22H27NO. The van der Waals surface area contributed by atoms with Gasteiger partial charge >= 0.3 is 0 Å². The largest absolute Gasteiger partial charge is 0.335 e. The Morgan fingerprint density at radius 3 is 2.12 bits per heavy atom. The van der Waals surface area contributed by atoms with Crippen molar-refractivity contribution in [2.45, 2.75) is 46.6 Å². The number of carbonyl (C=O) groups excluding carboxylic acids is 1. The van der Waals surface area contributed by atoms with E-state index in [1.54, 1.807) is 0 Å². The molecule has 1 aliphatic rings. The maximum absolute atomic E-state index is 13.0. The molecule has 1 heterocycles. The fourth-order valence-electron chi connectivity index (χ4n) is 3.68. The van der Waals surface area contributed by atoms with Gasteiger partial charge in [0.25, 0.3) is 5.91 Å². The van der Waals surface area contributed by atoms with E-state index in [-0.39, 0.29) is 17.4 Å². The van der Waals surface area contributed by atoms with Crippen molar-refractivity contribution < 1.29 is 4.79 Å². The molecule has 1 amide bonds. The van der Waals surface area contributed by atoms with E-state index in [1.807, 2.05) is 31.2 Å². The van der Waals surface area contributed by atoms with Crippen LogP contribution in [0.3, 0.4) is 0 Å². The van der Waals surface area contributed by atoms with Gasteiger partial charge in [0, 0.05) is 18.2 Å². The molecular weight excluding hydrogens is 294 g/mol. The molecule has 0 bridgehead atoms. The molecule has 2 nitrogen and oxygen atoms in total. The minimum absolute atomic E-state index is 0.165. The van der Waals surface area contributed by atoms with Gasteiger partial charge in [0.05, 0.1) is 0 Å². The lowest BCUT2D eigenvalue weighted by molar-refractivity contribution is 0.0726. The highest BCUT2D eigenvalue weighted by Gasteiger charge is 2.40. The van der Waals surface area contributed by atoms with Gasteiger partial charge in [-0.25, -0.2) is 0 Å². The fourth-order valence-corrected chi connectivity index (χ4v) is 3.68. The smallest absolute Gasteiger partial charge is 0.254 e. The number of rotatable bonds is 3. The van der Waals surface area contributed by atoms with Gasteiger partial charge in [0.2, 0.25) is 0 Å². The second kappa shape index (κ2) is 6.43. The summed E-state index contributed by atoms with van der Waals surface area (Å²) in [6, 6.07) is 16.9. The topological polar surface area (TPSA) is 20.3 Å². The molecule has 2 aromatic rings. The van der Waals surface area contributed by atoms with Crippen LogP contribution < -0.4 is 0 Å². The highest BCUT2D eigenvalue weighted by molar-refractivity contribution is 5.94. The third-order valence-electron chi connectivity index (χ3n) is 4.98. The molecule has 1 saturated heterocycles. The van der Waals surface area contributed by atoms with Gasteiger partial charge in [-0.15, -0.1) is 0 Å². The number of benzene rings is 2. The van der Waals surface area contributed by atoms with Crippen LogP contribution >= 0.6 is 0 Å². The van der Waals surface area contributed by atoms with Gasteiger partial charge in [0.15, 0.2) is 0 Å². The molecule has 0 aromatic heterocycles. The number of carbonyl (C=O) groups is 1.